The van der Waals surface area contributed by atoms with Crippen LogP contribution in [-0.2, 0) is 0 Å². The van der Waals surface area contributed by atoms with Gasteiger partial charge in [0.05, 0.1) is 7.11 Å². The largest absolute Gasteiger partial charge is 0.496 e. The van der Waals surface area contributed by atoms with E-state index in [1.54, 1.807) is 7.11 Å². The Bertz CT molecular complexity index is 404. The lowest BCUT2D eigenvalue weighted by Crippen LogP contribution is -2.36. The van der Waals surface area contributed by atoms with Gasteiger partial charge in [-0.05, 0) is 38.9 Å². The van der Waals surface area contributed by atoms with Gasteiger partial charge in [-0.3, -0.25) is 4.90 Å². The number of hydrogen-bond donors (Lipinski definition) is 1. The van der Waals surface area contributed by atoms with Gasteiger partial charge in [-0.15, -0.1) is 0 Å². The molecule has 0 bridgehead atoms. The lowest BCUT2D eigenvalue weighted by molar-refractivity contribution is 0.231. The van der Waals surface area contributed by atoms with Gasteiger partial charge in [-0.25, -0.2) is 0 Å². The minimum atomic E-state index is 0.337. The molecule has 1 saturated carbocycles. The zero-order chi connectivity index (χ0) is 14.4. The first-order valence-electron chi connectivity index (χ1n) is 7.84. The highest BCUT2D eigenvalue weighted by Crippen LogP contribution is 2.31. The highest BCUT2D eigenvalue weighted by Gasteiger charge is 2.30. The predicted octanol–water partition coefficient (Wildman–Crippen LogP) is 3.22. The SMILES string of the molecule is CCCCN(CC(NC)c1ccccc1OC)C1CC1. The fourth-order valence-corrected chi connectivity index (χ4v) is 2.76. The second-order valence-electron chi connectivity index (χ2n) is 5.66. The number of nitrogens with one attached hydrogen (secondary N) is 1. The molecule has 0 spiro atoms. The number of unbranched alkanes of at least 4 members (excludes halogenated alkanes) is 1. The van der Waals surface area contributed by atoms with Crippen molar-refractivity contribution in [3.63, 3.8) is 0 Å². The number of hydrogen-bond acceptors (Lipinski definition) is 3. The number of benzene rings is 1. The van der Waals surface area contributed by atoms with Crippen molar-refractivity contribution in [1.82, 2.24) is 10.2 Å². The molecule has 1 N–H and O–H groups in total. The van der Waals surface area contributed by atoms with Gasteiger partial charge in [-0.1, -0.05) is 31.5 Å². The van der Waals surface area contributed by atoms with Crippen LogP contribution in [0, 0.1) is 0 Å². The van der Waals surface area contributed by atoms with Gasteiger partial charge < -0.3 is 10.1 Å². The molecule has 1 atom stereocenters. The van der Waals surface area contributed by atoms with Gasteiger partial charge >= 0.3 is 0 Å². The highest BCUT2D eigenvalue weighted by molar-refractivity contribution is 5.36. The molecule has 1 aromatic rings. The summed E-state index contributed by atoms with van der Waals surface area (Å²) in [5, 5.41) is 3.46. The smallest absolute Gasteiger partial charge is 0.123 e. The zero-order valence-corrected chi connectivity index (χ0v) is 13.1. The molecule has 0 aliphatic heterocycles. The predicted molar refractivity (Wildman–Crippen MR) is 84.3 cm³/mol. The molecule has 3 heteroatoms. The third-order valence-electron chi connectivity index (χ3n) is 4.14. The van der Waals surface area contributed by atoms with Crippen molar-refractivity contribution in [2.75, 3.05) is 27.2 Å². The summed E-state index contributed by atoms with van der Waals surface area (Å²) < 4.78 is 5.51. The number of methoxy groups -OCH3 is 1. The van der Waals surface area contributed by atoms with Gasteiger partial charge in [0.1, 0.15) is 5.75 Å². The van der Waals surface area contributed by atoms with Crippen LogP contribution in [0.5, 0.6) is 5.75 Å². The third kappa shape index (κ3) is 3.97. The maximum atomic E-state index is 5.51. The number of likely N-dealkylation sites (N-methyl/N-ethyl adjacent to an activating group) is 1. The number of rotatable bonds is 9. The van der Waals surface area contributed by atoms with Crippen LogP contribution < -0.4 is 10.1 Å². The topological polar surface area (TPSA) is 24.5 Å². The maximum Gasteiger partial charge on any atom is 0.123 e. The van der Waals surface area contributed by atoms with Crippen LogP contribution in [0.25, 0.3) is 0 Å². The molecule has 1 unspecified atom stereocenters. The fourth-order valence-electron chi connectivity index (χ4n) is 2.76. The Morgan fingerprint density at radius 3 is 2.70 bits per heavy atom. The Morgan fingerprint density at radius 1 is 1.35 bits per heavy atom. The summed E-state index contributed by atoms with van der Waals surface area (Å²) in [4.78, 5) is 2.65. The van der Waals surface area contributed by atoms with Crippen molar-refractivity contribution in [2.45, 2.75) is 44.7 Å². The first kappa shape index (κ1) is 15.3. The summed E-state index contributed by atoms with van der Waals surface area (Å²) in [7, 11) is 3.79. The zero-order valence-electron chi connectivity index (χ0n) is 13.1. The maximum absolute atomic E-state index is 5.51. The first-order valence-corrected chi connectivity index (χ1v) is 7.84. The molecule has 0 aromatic heterocycles. The quantitative estimate of drug-likeness (QED) is 0.749. The molecule has 20 heavy (non-hydrogen) atoms. The monoisotopic (exact) mass is 276 g/mol. The van der Waals surface area contributed by atoms with E-state index in [0.717, 1.165) is 18.3 Å². The molecule has 1 aromatic carbocycles. The minimum absolute atomic E-state index is 0.337. The normalized spacial score (nSPS) is 16.4. The summed E-state index contributed by atoms with van der Waals surface area (Å²) in [5.41, 5.74) is 1.26. The molecule has 3 nitrogen and oxygen atoms in total. The second kappa shape index (κ2) is 7.65. The third-order valence-corrected chi connectivity index (χ3v) is 4.14. The molecule has 0 amide bonds. The van der Waals surface area contributed by atoms with E-state index in [1.807, 2.05) is 19.2 Å². The average molecular weight is 276 g/mol. The Morgan fingerprint density at radius 2 is 2.10 bits per heavy atom. The van der Waals surface area contributed by atoms with Gasteiger partial charge in [0.2, 0.25) is 0 Å². The van der Waals surface area contributed by atoms with Gasteiger partial charge in [0.15, 0.2) is 0 Å². The van der Waals surface area contributed by atoms with Gasteiger partial charge in [0.25, 0.3) is 0 Å². The summed E-state index contributed by atoms with van der Waals surface area (Å²) >= 11 is 0. The standard InChI is InChI=1S/C17H28N2O/c1-4-5-12-19(14-10-11-14)13-16(18-2)15-8-6-7-9-17(15)20-3/h6-9,14,16,18H,4-5,10-13H2,1-3H3. The molecular formula is C17H28N2O. The molecule has 0 saturated heterocycles. The lowest BCUT2D eigenvalue weighted by Gasteiger charge is -2.28. The van der Waals surface area contributed by atoms with Crippen molar-refractivity contribution in [3.8, 4) is 5.75 Å². The summed E-state index contributed by atoms with van der Waals surface area (Å²) in [6, 6.07) is 9.49. The van der Waals surface area contributed by atoms with Gasteiger partial charge in [-0.2, -0.15) is 0 Å². The van der Waals surface area contributed by atoms with E-state index in [-0.39, 0.29) is 0 Å². The van der Waals surface area contributed by atoms with Crippen LogP contribution in [0.4, 0.5) is 0 Å². The number of nitrogens with zero attached hydrogens (tertiary/aromatic N) is 1. The molecule has 1 fully saturated rings. The highest BCUT2D eigenvalue weighted by atomic mass is 16.5. The second-order valence-corrected chi connectivity index (χ2v) is 5.66. The molecule has 0 heterocycles. The van der Waals surface area contributed by atoms with Crippen LogP contribution in [0.2, 0.25) is 0 Å². The summed E-state index contributed by atoms with van der Waals surface area (Å²) in [5.74, 6) is 0.984. The Labute approximate surface area is 123 Å². The van der Waals surface area contributed by atoms with E-state index in [2.05, 4.69) is 29.3 Å². The van der Waals surface area contributed by atoms with Crippen molar-refractivity contribution in [1.29, 1.82) is 0 Å². The Hall–Kier alpha value is -1.06. The van der Waals surface area contributed by atoms with E-state index in [0.29, 0.717) is 6.04 Å². The Balaban J connectivity index is 2.06. The lowest BCUT2D eigenvalue weighted by atomic mass is 10.0. The van der Waals surface area contributed by atoms with Crippen LogP contribution in [0.1, 0.15) is 44.2 Å². The van der Waals surface area contributed by atoms with Crippen molar-refractivity contribution < 1.29 is 4.74 Å². The van der Waals surface area contributed by atoms with Crippen LogP contribution in [0.3, 0.4) is 0 Å². The number of ether oxygens (including phenoxy) is 1. The molecule has 2 rings (SSSR count). The van der Waals surface area contributed by atoms with Crippen molar-refractivity contribution in [2.24, 2.45) is 0 Å². The molecular weight excluding hydrogens is 248 g/mol. The average Bonchev–Trinajstić information content (AvgIpc) is 3.32. The van der Waals surface area contributed by atoms with Crippen LogP contribution in [0.15, 0.2) is 24.3 Å². The van der Waals surface area contributed by atoms with E-state index in [4.69, 9.17) is 4.74 Å². The van der Waals surface area contributed by atoms with Crippen molar-refractivity contribution in [3.05, 3.63) is 29.8 Å². The van der Waals surface area contributed by atoms with E-state index < -0.39 is 0 Å². The van der Waals surface area contributed by atoms with E-state index in [1.165, 1.54) is 37.8 Å². The van der Waals surface area contributed by atoms with Crippen molar-refractivity contribution >= 4 is 0 Å². The Kier molecular flexibility index (Phi) is 5.86. The van der Waals surface area contributed by atoms with E-state index >= 15 is 0 Å². The van der Waals surface area contributed by atoms with Crippen LogP contribution in [-0.4, -0.2) is 38.2 Å². The van der Waals surface area contributed by atoms with Crippen LogP contribution >= 0.6 is 0 Å². The molecule has 112 valence electrons. The minimum Gasteiger partial charge on any atom is -0.496 e. The summed E-state index contributed by atoms with van der Waals surface area (Å²) in [6.45, 7) is 4.55. The van der Waals surface area contributed by atoms with Gasteiger partial charge in [0, 0.05) is 24.2 Å². The number of para-hydroxylation sites is 1. The van der Waals surface area contributed by atoms with E-state index in [9.17, 15) is 0 Å². The first-order chi connectivity index (χ1) is 9.80. The fraction of sp³-hybridized carbons (Fsp3) is 0.647. The summed E-state index contributed by atoms with van der Waals surface area (Å²) in [6.07, 6.45) is 5.29. The molecule has 0 radical (unpaired) electrons. The molecule has 1 aliphatic rings. The molecule has 1 aliphatic carbocycles.